The predicted octanol–water partition coefficient (Wildman–Crippen LogP) is 3.04. The summed E-state index contributed by atoms with van der Waals surface area (Å²) in [4.78, 5) is 13.7. The highest BCUT2D eigenvalue weighted by Crippen LogP contribution is 2.25. The third-order valence-corrected chi connectivity index (χ3v) is 3.66. The van der Waals surface area contributed by atoms with Crippen LogP contribution in [0.1, 0.15) is 17.7 Å². The smallest absolute Gasteiger partial charge is 0.228 e. The molecule has 1 aromatic carbocycles. The zero-order chi connectivity index (χ0) is 16.1. The first-order valence-corrected chi connectivity index (χ1v) is 7.28. The molecule has 22 heavy (non-hydrogen) atoms. The van der Waals surface area contributed by atoms with Crippen LogP contribution in [0.15, 0.2) is 30.3 Å². The molecule has 0 saturated heterocycles. The number of rotatable bonds is 5. The van der Waals surface area contributed by atoms with Crippen LogP contribution in [0.5, 0.6) is 5.75 Å². The van der Waals surface area contributed by atoms with Gasteiger partial charge in [-0.25, -0.2) is 0 Å². The summed E-state index contributed by atoms with van der Waals surface area (Å²) in [5.74, 6) is 1.14. The standard InChI is InChI=1S/C16H18ClN3O2/c1-11-4-8-15(19-18-11)20(2)16(21)9-6-12-5-7-13(17)14(10-12)22-3/h4-5,7-8,10H,6,9H2,1-3H3. The van der Waals surface area contributed by atoms with E-state index in [1.54, 1.807) is 26.3 Å². The second-order valence-electron chi connectivity index (χ2n) is 4.95. The fourth-order valence-corrected chi connectivity index (χ4v) is 2.17. The van der Waals surface area contributed by atoms with Gasteiger partial charge in [-0.3, -0.25) is 9.69 Å². The molecule has 0 atom stereocenters. The summed E-state index contributed by atoms with van der Waals surface area (Å²) in [5, 5.41) is 8.53. The zero-order valence-corrected chi connectivity index (χ0v) is 13.6. The number of aryl methyl sites for hydroxylation is 2. The molecule has 1 heterocycles. The van der Waals surface area contributed by atoms with Gasteiger partial charge >= 0.3 is 0 Å². The molecule has 1 aromatic heterocycles. The van der Waals surface area contributed by atoms with E-state index in [0.29, 0.717) is 29.4 Å². The first-order valence-electron chi connectivity index (χ1n) is 6.90. The van der Waals surface area contributed by atoms with E-state index in [1.165, 1.54) is 4.90 Å². The molecule has 6 heteroatoms. The molecule has 0 bridgehead atoms. The van der Waals surface area contributed by atoms with Crippen LogP contribution in [0.4, 0.5) is 5.82 Å². The molecular formula is C16H18ClN3O2. The summed E-state index contributed by atoms with van der Waals surface area (Å²) in [7, 11) is 3.27. The topological polar surface area (TPSA) is 55.3 Å². The molecule has 2 aromatic rings. The molecule has 0 aliphatic carbocycles. The summed E-state index contributed by atoms with van der Waals surface area (Å²) in [5.41, 5.74) is 1.82. The van der Waals surface area contributed by atoms with E-state index in [2.05, 4.69) is 10.2 Å². The number of hydrogen-bond donors (Lipinski definition) is 0. The van der Waals surface area contributed by atoms with Gasteiger partial charge in [0.25, 0.3) is 0 Å². The van der Waals surface area contributed by atoms with Crippen LogP contribution in [0.25, 0.3) is 0 Å². The lowest BCUT2D eigenvalue weighted by atomic mass is 10.1. The Morgan fingerprint density at radius 3 is 2.68 bits per heavy atom. The molecular weight excluding hydrogens is 302 g/mol. The van der Waals surface area contributed by atoms with Crippen LogP contribution in [-0.2, 0) is 11.2 Å². The number of carbonyl (C=O) groups is 1. The van der Waals surface area contributed by atoms with Crippen molar-refractivity contribution < 1.29 is 9.53 Å². The number of methoxy groups -OCH3 is 1. The molecule has 0 radical (unpaired) electrons. The van der Waals surface area contributed by atoms with E-state index in [-0.39, 0.29) is 5.91 Å². The third kappa shape index (κ3) is 3.95. The molecule has 0 aliphatic heterocycles. The summed E-state index contributed by atoms with van der Waals surface area (Å²) in [6.07, 6.45) is 0.979. The number of amides is 1. The average molecular weight is 320 g/mol. The fourth-order valence-electron chi connectivity index (χ4n) is 1.98. The molecule has 0 aliphatic rings. The lowest BCUT2D eigenvalue weighted by Crippen LogP contribution is -2.27. The van der Waals surface area contributed by atoms with E-state index >= 15 is 0 Å². The SMILES string of the molecule is COc1cc(CCC(=O)N(C)c2ccc(C)nn2)ccc1Cl. The minimum absolute atomic E-state index is 0.0212. The summed E-state index contributed by atoms with van der Waals surface area (Å²) >= 11 is 5.99. The average Bonchev–Trinajstić information content (AvgIpc) is 2.53. The minimum Gasteiger partial charge on any atom is -0.495 e. The Hall–Kier alpha value is -2.14. The Balaban J connectivity index is 1.98. The van der Waals surface area contributed by atoms with Gasteiger partial charge in [0.1, 0.15) is 5.75 Å². The van der Waals surface area contributed by atoms with Crippen LogP contribution >= 0.6 is 11.6 Å². The highest BCUT2D eigenvalue weighted by Gasteiger charge is 2.13. The second kappa shape index (κ2) is 7.22. The molecule has 0 N–H and O–H groups in total. The van der Waals surface area contributed by atoms with Crippen molar-refractivity contribution in [1.82, 2.24) is 10.2 Å². The molecule has 0 spiro atoms. The van der Waals surface area contributed by atoms with E-state index in [0.717, 1.165) is 11.3 Å². The number of hydrogen-bond acceptors (Lipinski definition) is 4. The number of carbonyl (C=O) groups excluding carboxylic acids is 1. The predicted molar refractivity (Wildman–Crippen MR) is 86.5 cm³/mol. The number of halogens is 1. The maximum Gasteiger partial charge on any atom is 0.228 e. The minimum atomic E-state index is -0.0212. The maximum absolute atomic E-state index is 12.2. The van der Waals surface area contributed by atoms with Crippen molar-refractivity contribution in [2.75, 3.05) is 19.1 Å². The van der Waals surface area contributed by atoms with Crippen LogP contribution < -0.4 is 9.64 Å². The van der Waals surface area contributed by atoms with Crippen molar-refractivity contribution in [3.05, 3.63) is 46.6 Å². The normalized spacial score (nSPS) is 10.4. The quantitative estimate of drug-likeness (QED) is 0.850. The molecule has 1 amide bonds. The van der Waals surface area contributed by atoms with Gasteiger partial charge in [0.15, 0.2) is 5.82 Å². The van der Waals surface area contributed by atoms with Crippen LogP contribution in [-0.4, -0.2) is 30.3 Å². The van der Waals surface area contributed by atoms with Gasteiger partial charge in [-0.15, -0.1) is 5.10 Å². The molecule has 116 valence electrons. The summed E-state index contributed by atoms with van der Waals surface area (Å²) < 4.78 is 5.17. The molecule has 0 fully saturated rings. The van der Waals surface area contributed by atoms with E-state index in [9.17, 15) is 4.79 Å². The number of aromatic nitrogens is 2. The van der Waals surface area contributed by atoms with Gasteiger partial charge in [-0.05, 0) is 43.2 Å². The van der Waals surface area contributed by atoms with Crippen LogP contribution in [0.2, 0.25) is 5.02 Å². The van der Waals surface area contributed by atoms with Gasteiger partial charge < -0.3 is 4.74 Å². The molecule has 5 nitrogen and oxygen atoms in total. The molecule has 2 rings (SSSR count). The second-order valence-corrected chi connectivity index (χ2v) is 5.36. The lowest BCUT2D eigenvalue weighted by Gasteiger charge is -2.15. The maximum atomic E-state index is 12.2. The number of benzene rings is 1. The van der Waals surface area contributed by atoms with Crippen molar-refractivity contribution in [3.63, 3.8) is 0 Å². The number of anilines is 1. The largest absolute Gasteiger partial charge is 0.495 e. The van der Waals surface area contributed by atoms with Crippen molar-refractivity contribution in [2.24, 2.45) is 0 Å². The van der Waals surface area contributed by atoms with Crippen LogP contribution in [0, 0.1) is 6.92 Å². The van der Waals surface area contributed by atoms with E-state index in [4.69, 9.17) is 16.3 Å². The lowest BCUT2D eigenvalue weighted by molar-refractivity contribution is -0.118. The highest BCUT2D eigenvalue weighted by molar-refractivity contribution is 6.32. The highest BCUT2D eigenvalue weighted by atomic mass is 35.5. The number of ether oxygens (including phenoxy) is 1. The monoisotopic (exact) mass is 319 g/mol. The van der Waals surface area contributed by atoms with Gasteiger partial charge in [-0.1, -0.05) is 17.7 Å². The molecule has 0 unspecified atom stereocenters. The Morgan fingerprint density at radius 1 is 1.27 bits per heavy atom. The van der Waals surface area contributed by atoms with Crippen molar-refractivity contribution >= 4 is 23.3 Å². The van der Waals surface area contributed by atoms with Gasteiger partial charge in [0, 0.05) is 13.5 Å². The van der Waals surface area contributed by atoms with Gasteiger partial charge in [0.05, 0.1) is 17.8 Å². The Labute approximate surface area is 134 Å². The van der Waals surface area contributed by atoms with Crippen molar-refractivity contribution in [1.29, 1.82) is 0 Å². The Morgan fingerprint density at radius 2 is 2.05 bits per heavy atom. The first kappa shape index (κ1) is 16.2. The van der Waals surface area contributed by atoms with E-state index < -0.39 is 0 Å². The number of nitrogens with zero attached hydrogens (tertiary/aromatic N) is 3. The van der Waals surface area contributed by atoms with Gasteiger partial charge in [0.2, 0.25) is 5.91 Å². The summed E-state index contributed by atoms with van der Waals surface area (Å²) in [6, 6.07) is 9.13. The molecule has 0 saturated carbocycles. The Kier molecular flexibility index (Phi) is 5.33. The van der Waals surface area contributed by atoms with Crippen LogP contribution in [0.3, 0.4) is 0 Å². The third-order valence-electron chi connectivity index (χ3n) is 3.34. The fraction of sp³-hybridized carbons (Fsp3) is 0.312. The van der Waals surface area contributed by atoms with Gasteiger partial charge in [-0.2, -0.15) is 5.10 Å². The van der Waals surface area contributed by atoms with Crippen molar-refractivity contribution in [3.8, 4) is 5.75 Å². The zero-order valence-electron chi connectivity index (χ0n) is 12.8. The first-order chi connectivity index (χ1) is 10.5. The van der Waals surface area contributed by atoms with Crippen molar-refractivity contribution in [2.45, 2.75) is 19.8 Å². The summed E-state index contributed by atoms with van der Waals surface area (Å²) in [6.45, 7) is 1.85. The van der Waals surface area contributed by atoms with E-state index in [1.807, 2.05) is 25.1 Å². The Bertz CT molecular complexity index is 659.